The zero-order valence-corrected chi connectivity index (χ0v) is 16.6. The number of ether oxygens (including phenoxy) is 1. The van der Waals surface area contributed by atoms with Gasteiger partial charge in [-0.15, -0.1) is 0 Å². The Balaban J connectivity index is 1.23. The second kappa shape index (κ2) is 7.70. The van der Waals surface area contributed by atoms with E-state index in [-0.39, 0.29) is 0 Å². The Morgan fingerprint density at radius 3 is 2.90 bits per heavy atom. The average molecular weight is 388 g/mol. The van der Waals surface area contributed by atoms with E-state index in [1.54, 1.807) is 0 Å². The molecule has 0 bridgehead atoms. The molecular weight excluding hydrogens is 364 g/mol. The van der Waals surface area contributed by atoms with Crippen LogP contribution in [0.2, 0.25) is 0 Å². The van der Waals surface area contributed by atoms with Gasteiger partial charge in [-0.2, -0.15) is 10.1 Å². The van der Waals surface area contributed by atoms with E-state index in [1.165, 1.54) is 29.5 Å². The predicted octanol–water partition coefficient (Wildman–Crippen LogP) is 4.51. The van der Waals surface area contributed by atoms with Crippen molar-refractivity contribution in [3.63, 3.8) is 0 Å². The third-order valence-corrected chi connectivity index (χ3v) is 5.54. The highest BCUT2D eigenvalue weighted by Crippen LogP contribution is 2.30. The Labute approximate surface area is 169 Å². The van der Waals surface area contributed by atoms with Gasteiger partial charge in [-0.1, -0.05) is 41.6 Å². The van der Waals surface area contributed by atoms with Gasteiger partial charge in [0.25, 0.3) is 5.89 Å². The van der Waals surface area contributed by atoms with E-state index in [0.717, 1.165) is 36.1 Å². The van der Waals surface area contributed by atoms with Gasteiger partial charge in [-0.05, 0) is 43.6 Å². The molecule has 0 radical (unpaired) electrons. The van der Waals surface area contributed by atoms with Gasteiger partial charge in [0.05, 0.1) is 12.3 Å². The first-order chi connectivity index (χ1) is 14.3. The summed E-state index contributed by atoms with van der Waals surface area (Å²) in [6.07, 6.45) is 6.01. The summed E-state index contributed by atoms with van der Waals surface area (Å²) in [5.41, 5.74) is 3.43. The number of fused-ring (bicyclic) bond motifs is 2. The Bertz CT molecular complexity index is 1140. The molecule has 29 heavy (non-hydrogen) atoms. The van der Waals surface area contributed by atoms with Crippen molar-refractivity contribution in [1.29, 1.82) is 0 Å². The summed E-state index contributed by atoms with van der Waals surface area (Å²) in [5.74, 6) is 2.21. The molecular formula is C23H24N4O2. The number of aryl methyl sites for hydroxylation is 3. The van der Waals surface area contributed by atoms with Crippen molar-refractivity contribution >= 4 is 10.8 Å². The molecule has 0 amide bonds. The molecule has 0 atom stereocenters. The van der Waals surface area contributed by atoms with Crippen molar-refractivity contribution in [2.45, 2.75) is 38.5 Å². The van der Waals surface area contributed by atoms with Crippen LogP contribution in [0.25, 0.3) is 22.4 Å². The molecule has 0 fully saturated rings. The minimum atomic E-state index is 0.577. The summed E-state index contributed by atoms with van der Waals surface area (Å²) in [5, 5.41) is 11.1. The number of hydrogen-bond donors (Lipinski definition) is 0. The third kappa shape index (κ3) is 3.50. The zero-order chi connectivity index (χ0) is 19.6. The molecule has 2 aromatic heterocycles. The van der Waals surface area contributed by atoms with Crippen molar-refractivity contribution < 1.29 is 9.26 Å². The quantitative estimate of drug-likeness (QED) is 0.455. The first kappa shape index (κ1) is 17.9. The van der Waals surface area contributed by atoms with Gasteiger partial charge in [-0.3, -0.25) is 4.68 Å². The maximum Gasteiger partial charge on any atom is 0.276 e. The number of aromatic nitrogens is 4. The Morgan fingerprint density at radius 1 is 1.07 bits per heavy atom. The van der Waals surface area contributed by atoms with Crippen LogP contribution in [0.5, 0.6) is 5.75 Å². The zero-order valence-electron chi connectivity index (χ0n) is 16.6. The lowest BCUT2D eigenvalue weighted by molar-refractivity contribution is 0.312. The maximum absolute atomic E-state index is 6.01. The topological polar surface area (TPSA) is 66.0 Å². The normalized spacial score (nSPS) is 13.6. The highest BCUT2D eigenvalue weighted by atomic mass is 16.5. The fourth-order valence-corrected chi connectivity index (χ4v) is 4.13. The summed E-state index contributed by atoms with van der Waals surface area (Å²) in [6, 6.07) is 14.4. The van der Waals surface area contributed by atoms with Crippen LogP contribution >= 0.6 is 0 Å². The number of rotatable bonds is 6. The second-order valence-electron chi connectivity index (χ2n) is 7.55. The molecule has 4 aromatic rings. The third-order valence-electron chi connectivity index (χ3n) is 5.54. The molecule has 1 aliphatic carbocycles. The fraction of sp³-hybridized carbons (Fsp3) is 0.348. The van der Waals surface area contributed by atoms with Crippen molar-refractivity contribution in [3.05, 3.63) is 59.5 Å². The summed E-state index contributed by atoms with van der Waals surface area (Å²) < 4.78 is 13.5. The summed E-state index contributed by atoms with van der Waals surface area (Å²) >= 11 is 0. The van der Waals surface area contributed by atoms with Crippen molar-refractivity contribution in [2.75, 3.05) is 6.61 Å². The lowest BCUT2D eigenvalue weighted by atomic mass is 9.96. The van der Waals surface area contributed by atoms with E-state index >= 15 is 0 Å². The minimum Gasteiger partial charge on any atom is -0.493 e. The summed E-state index contributed by atoms with van der Waals surface area (Å²) in [7, 11) is 1.95. The van der Waals surface area contributed by atoms with Crippen LogP contribution < -0.4 is 4.74 Å². The molecule has 0 unspecified atom stereocenters. The minimum absolute atomic E-state index is 0.577. The molecule has 6 heteroatoms. The van der Waals surface area contributed by atoms with Gasteiger partial charge in [0, 0.05) is 24.4 Å². The lowest BCUT2D eigenvalue weighted by Gasteiger charge is -2.09. The summed E-state index contributed by atoms with van der Waals surface area (Å²) in [6.45, 7) is 0.610. The van der Waals surface area contributed by atoms with Crippen LogP contribution in [-0.2, 0) is 26.3 Å². The summed E-state index contributed by atoms with van der Waals surface area (Å²) in [4.78, 5) is 4.62. The smallest absolute Gasteiger partial charge is 0.276 e. The van der Waals surface area contributed by atoms with E-state index in [9.17, 15) is 0 Å². The Kier molecular flexibility index (Phi) is 4.76. The molecule has 0 saturated carbocycles. The highest BCUT2D eigenvalue weighted by Gasteiger charge is 2.24. The molecule has 148 valence electrons. The number of benzene rings is 2. The molecule has 0 spiro atoms. The largest absolute Gasteiger partial charge is 0.493 e. The van der Waals surface area contributed by atoms with Crippen molar-refractivity contribution in [1.82, 2.24) is 19.9 Å². The van der Waals surface area contributed by atoms with E-state index < -0.39 is 0 Å². The van der Waals surface area contributed by atoms with Crippen LogP contribution in [0.1, 0.15) is 36.3 Å². The molecule has 2 aromatic carbocycles. The van der Waals surface area contributed by atoms with Gasteiger partial charge in [0.2, 0.25) is 0 Å². The Hall–Kier alpha value is -3.15. The van der Waals surface area contributed by atoms with E-state index in [1.807, 2.05) is 36.0 Å². The fourth-order valence-electron chi connectivity index (χ4n) is 4.13. The standard InChI is InChI=1S/C23H24N4O2/c1-27-22(18-11-4-5-12-19(18)25-27)23-24-21(26-29-23)14-7-15-28-20-13-6-9-16-8-2-3-10-17(16)20/h2-3,6,8-10,13H,4-5,7,11-12,14-15H2,1H3. The molecule has 6 nitrogen and oxygen atoms in total. The van der Waals surface area contributed by atoms with Gasteiger partial charge in [-0.25, -0.2) is 0 Å². The van der Waals surface area contributed by atoms with Gasteiger partial charge in [0.15, 0.2) is 5.82 Å². The number of hydrogen-bond acceptors (Lipinski definition) is 5. The van der Waals surface area contributed by atoms with Gasteiger partial charge in [0.1, 0.15) is 11.4 Å². The molecule has 1 aliphatic rings. The molecule has 0 N–H and O–H groups in total. The van der Waals surface area contributed by atoms with Crippen molar-refractivity contribution in [2.24, 2.45) is 7.05 Å². The Morgan fingerprint density at radius 2 is 1.93 bits per heavy atom. The molecule has 0 saturated heterocycles. The van der Waals surface area contributed by atoms with Crippen LogP contribution in [0.4, 0.5) is 0 Å². The SMILES string of the molecule is Cn1nc2c(c1-c1nc(CCCOc3cccc4ccccc34)no1)CCCC2. The van der Waals surface area contributed by atoms with Gasteiger partial charge < -0.3 is 9.26 Å². The predicted molar refractivity (Wildman–Crippen MR) is 111 cm³/mol. The van der Waals surface area contributed by atoms with Crippen LogP contribution in [0, 0.1) is 0 Å². The van der Waals surface area contributed by atoms with Crippen LogP contribution in [-0.4, -0.2) is 26.5 Å². The van der Waals surface area contributed by atoms with E-state index in [0.29, 0.717) is 24.7 Å². The average Bonchev–Trinajstić information content (AvgIpc) is 3.34. The molecule has 2 heterocycles. The monoisotopic (exact) mass is 388 g/mol. The lowest BCUT2D eigenvalue weighted by Crippen LogP contribution is -2.02. The maximum atomic E-state index is 6.01. The van der Waals surface area contributed by atoms with Crippen LogP contribution in [0.3, 0.4) is 0 Å². The first-order valence-corrected chi connectivity index (χ1v) is 10.3. The van der Waals surface area contributed by atoms with E-state index in [2.05, 4.69) is 33.4 Å². The molecule has 5 rings (SSSR count). The molecule has 0 aliphatic heterocycles. The number of nitrogens with zero attached hydrogens (tertiary/aromatic N) is 4. The van der Waals surface area contributed by atoms with Crippen molar-refractivity contribution in [3.8, 4) is 17.3 Å². The van der Waals surface area contributed by atoms with E-state index in [4.69, 9.17) is 9.26 Å². The first-order valence-electron chi connectivity index (χ1n) is 10.3. The van der Waals surface area contributed by atoms with Crippen LogP contribution in [0.15, 0.2) is 47.0 Å². The highest BCUT2D eigenvalue weighted by molar-refractivity contribution is 5.88. The second-order valence-corrected chi connectivity index (χ2v) is 7.55. The van der Waals surface area contributed by atoms with Gasteiger partial charge >= 0.3 is 0 Å².